The normalized spacial score (nSPS) is 11.5. The minimum Gasteiger partial charge on any atom is -0.478 e. The number of rotatable bonds is 2. The molecule has 0 radical (unpaired) electrons. The lowest BCUT2D eigenvalue weighted by molar-refractivity contribution is -0.131. The van der Waals surface area contributed by atoms with Crippen LogP contribution >= 0.6 is 0 Å². The van der Waals surface area contributed by atoms with Gasteiger partial charge in [-0.05, 0) is 12.5 Å². The minimum absolute atomic E-state index is 0.188. The van der Waals surface area contributed by atoms with E-state index in [0.29, 0.717) is 5.57 Å². The SMILES string of the molecule is CC(=CC(=O)O)CO. The van der Waals surface area contributed by atoms with Crippen molar-refractivity contribution in [3.05, 3.63) is 11.6 Å². The summed E-state index contributed by atoms with van der Waals surface area (Å²) < 4.78 is 0. The van der Waals surface area contributed by atoms with Crippen LogP contribution in [0.25, 0.3) is 0 Å². The molecule has 3 heteroatoms. The number of carboxylic acid groups (broad SMARTS) is 1. The molecule has 0 aromatic carbocycles. The largest absolute Gasteiger partial charge is 0.478 e. The van der Waals surface area contributed by atoms with E-state index in [1.165, 1.54) is 0 Å². The molecule has 0 spiro atoms. The van der Waals surface area contributed by atoms with Gasteiger partial charge in [0.15, 0.2) is 0 Å². The minimum atomic E-state index is -1.02. The van der Waals surface area contributed by atoms with Gasteiger partial charge in [0, 0.05) is 6.08 Å². The molecule has 0 unspecified atom stereocenters. The number of carbonyl (C=O) groups is 1. The van der Waals surface area contributed by atoms with E-state index in [0.717, 1.165) is 6.08 Å². The topological polar surface area (TPSA) is 57.5 Å². The Labute approximate surface area is 47.3 Å². The highest BCUT2D eigenvalue weighted by atomic mass is 16.4. The van der Waals surface area contributed by atoms with Crippen molar-refractivity contribution in [2.75, 3.05) is 6.61 Å². The van der Waals surface area contributed by atoms with Crippen molar-refractivity contribution in [3.63, 3.8) is 0 Å². The predicted molar refractivity (Wildman–Crippen MR) is 28.5 cm³/mol. The molecule has 0 fully saturated rings. The van der Waals surface area contributed by atoms with Gasteiger partial charge in [-0.1, -0.05) is 0 Å². The molecule has 0 amide bonds. The van der Waals surface area contributed by atoms with E-state index in [1.54, 1.807) is 6.92 Å². The molecule has 0 aliphatic carbocycles. The Balaban J connectivity index is 3.75. The van der Waals surface area contributed by atoms with Crippen LogP contribution in [0, 0.1) is 0 Å². The lowest BCUT2D eigenvalue weighted by Crippen LogP contribution is -1.92. The zero-order chi connectivity index (χ0) is 6.57. The first kappa shape index (κ1) is 7.17. The fourth-order valence-electron chi connectivity index (χ4n) is 0.256. The highest BCUT2D eigenvalue weighted by Gasteiger charge is 1.89. The van der Waals surface area contributed by atoms with Crippen LogP contribution in [0.1, 0.15) is 6.92 Å². The molecule has 0 aromatic rings. The fourth-order valence-corrected chi connectivity index (χ4v) is 0.256. The molecule has 0 rings (SSSR count). The third kappa shape index (κ3) is 3.36. The molecule has 3 nitrogen and oxygen atoms in total. The maximum absolute atomic E-state index is 9.78. The summed E-state index contributed by atoms with van der Waals surface area (Å²) in [6.07, 6.45) is 0.972. The molecule has 0 bridgehead atoms. The van der Waals surface area contributed by atoms with Crippen LogP contribution in [-0.4, -0.2) is 22.8 Å². The average molecular weight is 116 g/mol. The summed E-state index contributed by atoms with van der Waals surface area (Å²) in [7, 11) is 0. The Hall–Kier alpha value is -0.830. The van der Waals surface area contributed by atoms with E-state index in [-0.39, 0.29) is 6.61 Å². The number of aliphatic carboxylic acids is 1. The number of hydrogen-bond acceptors (Lipinski definition) is 2. The zero-order valence-corrected chi connectivity index (χ0v) is 4.59. The molecule has 8 heavy (non-hydrogen) atoms. The molecule has 2 N–H and O–H groups in total. The Morgan fingerprint density at radius 3 is 2.38 bits per heavy atom. The lowest BCUT2D eigenvalue weighted by Gasteiger charge is -1.87. The number of carboxylic acids is 1. The van der Waals surface area contributed by atoms with Gasteiger partial charge in [0.2, 0.25) is 0 Å². The van der Waals surface area contributed by atoms with Crippen LogP contribution in [0.5, 0.6) is 0 Å². The second kappa shape index (κ2) is 3.21. The first-order chi connectivity index (χ1) is 3.66. The predicted octanol–water partition coefficient (Wildman–Crippen LogP) is 0.00960. The summed E-state index contributed by atoms with van der Waals surface area (Å²) in [6.45, 7) is 1.36. The molecule has 0 saturated carbocycles. The van der Waals surface area contributed by atoms with Gasteiger partial charge < -0.3 is 10.2 Å². The van der Waals surface area contributed by atoms with Crippen molar-refractivity contribution in [2.24, 2.45) is 0 Å². The standard InChI is InChI=1S/C5H8O3/c1-4(3-6)2-5(7)8/h2,6H,3H2,1H3,(H,7,8). The third-order valence-corrected chi connectivity index (χ3v) is 0.619. The number of aliphatic hydroxyl groups is 1. The van der Waals surface area contributed by atoms with Crippen molar-refractivity contribution in [1.82, 2.24) is 0 Å². The molecule has 0 heterocycles. The molecule has 0 aliphatic heterocycles. The molecular weight excluding hydrogens is 108 g/mol. The second-order valence-corrected chi connectivity index (χ2v) is 1.49. The summed E-state index contributed by atoms with van der Waals surface area (Å²) in [5.74, 6) is -1.02. The maximum atomic E-state index is 9.78. The molecule has 46 valence electrons. The van der Waals surface area contributed by atoms with Crippen LogP contribution in [0.4, 0.5) is 0 Å². The number of aliphatic hydroxyl groups excluding tert-OH is 1. The van der Waals surface area contributed by atoms with E-state index in [1.807, 2.05) is 0 Å². The van der Waals surface area contributed by atoms with Gasteiger partial charge in [-0.2, -0.15) is 0 Å². The van der Waals surface area contributed by atoms with E-state index >= 15 is 0 Å². The highest BCUT2D eigenvalue weighted by Crippen LogP contribution is 1.86. The summed E-state index contributed by atoms with van der Waals surface area (Å²) in [5, 5.41) is 16.3. The van der Waals surface area contributed by atoms with Gasteiger partial charge in [-0.15, -0.1) is 0 Å². The second-order valence-electron chi connectivity index (χ2n) is 1.49. The first-order valence-electron chi connectivity index (χ1n) is 2.17. The molecule has 0 saturated heterocycles. The van der Waals surface area contributed by atoms with E-state index < -0.39 is 5.97 Å². The van der Waals surface area contributed by atoms with Crippen LogP contribution < -0.4 is 0 Å². The van der Waals surface area contributed by atoms with Crippen LogP contribution in [0.3, 0.4) is 0 Å². The van der Waals surface area contributed by atoms with Gasteiger partial charge in [0.25, 0.3) is 0 Å². The van der Waals surface area contributed by atoms with E-state index in [2.05, 4.69) is 0 Å². The maximum Gasteiger partial charge on any atom is 0.328 e. The van der Waals surface area contributed by atoms with Gasteiger partial charge in [0.1, 0.15) is 0 Å². The molecule has 0 aliphatic rings. The Kier molecular flexibility index (Phi) is 2.88. The van der Waals surface area contributed by atoms with Crippen molar-refractivity contribution in [2.45, 2.75) is 6.92 Å². The average Bonchev–Trinajstić information content (AvgIpc) is 1.65. The molecule has 0 aromatic heterocycles. The highest BCUT2D eigenvalue weighted by molar-refractivity contribution is 5.80. The van der Waals surface area contributed by atoms with Gasteiger partial charge >= 0.3 is 5.97 Å². The van der Waals surface area contributed by atoms with Gasteiger partial charge in [-0.3, -0.25) is 0 Å². The van der Waals surface area contributed by atoms with Crippen molar-refractivity contribution >= 4 is 5.97 Å². The van der Waals surface area contributed by atoms with E-state index in [4.69, 9.17) is 10.2 Å². The Bertz CT molecular complexity index is 115. The fraction of sp³-hybridized carbons (Fsp3) is 0.400. The van der Waals surface area contributed by atoms with Crippen molar-refractivity contribution in [3.8, 4) is 0 Å². The molecular formula is C5H8O3. The molecule has 0 atom stereocenters. The lowest BCUT2D eigenvalue weighted by atomic mass is 10.3. The van der Waals surface area contributed by atoms with Crippen LogP contribution in [-0.2, 0) is 4.79 Å². The summed E-state index contributed by atoms with van der Waals surface area (Å²) in [5.41, 5.74) is 0.456. The Morgan fingerprint density at radius 2 is 2.25 bits per heavy atom. The monoisotopic (exact) mass is 116 g/mol. The van der Waals surface area contributed by atoms with Crippen molar-refractivity contribution < 1.29 is 15.0 Å². The number of hydrogen-bond donors (Lipinski definition) is 2. The summed E-state index contributed by atoms with van der Waals surface area (Å²) in [6, 6.07) is 0. The van der Waals surface area contributed by atoms with Gasteiger partial charge in [0.05, 0.1) is 6.61 Å². The Morgan fingerprint density at radius 1 is 1.75 bits per heavy atom. The van der Waals surface area contributed by atoms with Crippen LogP contribution in [0.2, 0.25) is 0 Å². The van der Waals surface area contributed by atoms with Crippen molar-refractivity contribution in [1.29, 1.82) is 0 Å². The quantitative estimate of drug-likeness (QED) is 0.499. The summed E-state index contributed by atoms with van der Waals surface area (Å²) >= 11 is 0. The van der Waals surface area contributed by atoms with Gasteiger partial charge in [-0.25, -0.2) is 4.79 Å². The third-order valence-electron chi connectivity index (χ3n) is 0.619. The zero-order valence-electron chi connectivity index (χ0n) is 4.59. The first-order valence-corrected chi connectivity index (χ1v) is 2.17. The smallest absolute Gasteiger partial charge is 0.328 e. The summed E-state index contributed by atoms with van der Waals surface area (Å²) in [4.78, 5) is 9.78. The van der Waals surface area contributed by atoms with E-state index in [9.17, 15) is 4.79 Å². The van der Waals surface area contributed by atoms with Crippen LogP contribution in [0.15, 0.2) is 11.6 Å².